The summed E-state index contributed by atoms with van der Waals surface area (Å²) in [6, 6.07) is 17.3. The third-order valence-electron chi connectivity index (χ3n) is 2.74. The molecule has 3 heteroatoms. The molecule has 0 bridgehead atoms. The topological polar surface area (TPSA) is 49.6 Å². The van der Waals surface area contributed by atoms with E-state index in [0.29, 0.717) is 11.4 Å². The number of rotatable bonds is 1. The first-order valence-electron chi connectivity index (χ1n) is 5.59. The third kappa shape index (κ3) is 1.80. The van der Waals surface area contributed by atoms with Crippen LogP contribution in [0.3, 0.4) is 0 Å². The number of para-hydroxylation sites is 1. The van der Waals surface area contributed by atoms with Gasteiger partial charge in [-0.3, -0.25) is 0 Å². The monoisotopic (exact) mass is 231 g/mol. The summed E-state index contributed by atoms with van der Waals surface area (Å²) in [5, 5.41) is 9.90. The molecular formula is C15H9N3. The molecule has 0 aliphatic heterocycles. The first-order chi connectivity index (χ1) is 8.86. The molecule has 18 heavy (non-hydrogen) atoms. The van der Waals surface area contributed by atoms with Crippen molar-refractivity contribution in [2.75, 3.05) is 0 Å². The maximum absolute atomic E-state index is 8.89. The normalized spacial score (nSPS) is 10.2. The highest BCUT2D eigenvalue weighted by Gasteiger charge is 2.03. The zero-order valence-electron chi connectivity index (χ0n) is 9.54. The summed E-state index contributed by atoms with van der Waals surface area (Å²) in [6.07, 6.45) is 1.80. The van der Waals surface area contributed by atoms with E-state index in [4.69, 9.17) is 5.26 Å². The van der Waals surface area contributed by atoms with Gasteiger partial charge in [-0.05, 0) is 18.2 Å². The Bertz CT molecular complexity index is 757. The maximum Gasteiger partial charge on any atom is 0.159 e. The van der Waals surface area contributed by atoms with Crippen molar-refractivity contribution in [1.82, 2.24) is 9.97 Å². The molecule has 3 nitrogen and oxygen atoms in total. The molecule has 0 unspecified atom stereocenters. The number of aromatic nitrogens is 2. The lowest BCUT2D eigenvalue weighted by Crippen LogP contribution is -1.90. The van der Waals surface area contributed by atoms with Gasteiger partial charge >= 0.3 is 0 Å². The molecule has 0 fully saturated rings. The van der Waals surface area contributed by atoms with Crippen molar-refractivity contribution in [3.8, 4) is 17.5 Å². The largest absolute Gasteiger partial charge is 0.236 e. The molecule has 0 N–H and O–H groups in total. The van der Waals surface area contributed by atoms with Gasteiger partial charge < -0.3 is 0 Å². The zero-order chi connectivity index (χ0) is 12.4. The van der Waals surface area contributed by atoms with Gasteiger partial charge in [-0.2, -0.15) is 5.26 Å². The second-order valence-corrected chi connectivity index (χ2v) is 3.95. The lowest BCUT2D eigenvalue weighted by molar-refractivity contribution is 1.23. The van der Waals surface area contributed by atoms with Crippen LogP contribution in [0.2, 0.25) is 0 Å². The molecule has 0 atom stereocenters. The Balaban J connectivity index is 2.16. The number of fused-ring (bicyclic) bond motifs is 1. The van der Waals surface area contributed by atoms with Gasteiger partial charge in [0.05, 0.1) is 17.1 Å². The summed E-state index contributed by atoms with van der Waals surface area (Å²) >= 11 is 0. The minimum Gasteiger partial charge on any atom is -0.236 e. The molecule has 0 saturated carbocycles. The minimum absolute atomic E-state index is 0.615. The summed E-state index contributed by atoms with van der Waals surface area (Å²) in [4.78, 5) is 8.83. The maximum atomic E-state index is 8.89. The summed E-state index contributed by atoms with van der Waals surface area (Å²) in [6.45, 7) is 0. The van der Waals surface area contributed by atoms with Gasteiger partial charge in [-0.15, -0.1) is 0 Å². The highest BCUT2D eigenvalue weighted by Crippen LogP contribution is 2.19. The average Bonchev–Trinajstić information content (AvgIpc) is 2.47. The van der Waals surface area contributed by atoms with Gasteiger partial charge in [0, 0.05) is 17.1 Å². The molecule has 84 valence electrons. The fourth-order valence-corrected chi connectivity index (χ4v) is 1.84. The number of hydrogen-bond acceptors (Lipinski definition) is 3. The number of benzene rings is 2. The van der Waals surface area contributed by atoms with Crippen molar-refractivity contribution in [2.24, 2.45) is 0 Å². The van der Waals surface area contributed by atoms with E-state index in [2.05, 4.69) is 16.0 Å². The molecule has 0 spiro atoms. The van der Waals surface area contributed by atoms with Gasteiger partial charge in [0.1, 0.15) is 0 Å². The summed E-state index contributed by atoms with van der Waals surface area (Å²) < 4.78 is 0. The summed E-state index contributed by atoms with van der Waals surface area (Å²) in [5.41, 5.74) is 2.38. The molecule has 3 rings (SSSR count). The van der Waals surface area contributed by atoms with Crippen LogP contribution in [0.5, 0.6) is 0 Å². The number of nitriles is 1. The summed E-state index contributed by atoms with van der Waals surface area (Å²) in [5.74, 6) is 0.644. The predicted octanol–water partition coefficient (Wildman–Crippen LogP) is 3.17. The standard InChI is InChI=1S/C15H9N3/c16-9-11-4-3-6-12(8-11)15-17-10-13-5-1-2-7-14(13)18-15/h1-8,10H. The van der Waals surface area contributed by atoms with Crippen LogP contribution >= 0.6 is 0 Å². The quantitative estimate of drug-likeness (QED) is 0.646. The van der Waals surface area contributed by atoms with Crippen LogP contribution in [0.15, 0.2) is 54.7 Å². The molecule has 0 saturated heterocycles. The van der Waals surface area contributed by atoms with Crippen molar-refractivity contribution in [3.63, 3.8) is 0 Å². The van der Waals surface area contributed by atoms with E-state index < -0.39 is 0 Å². The van der Waals surface area contributed by atoms with Crippen molar-refractivity contribution >= 4 is 10.9 Å². The molecule has 1 aromatic heterocycles. The second-order valence-electron chi connectivity index (χ2n) is 3.95. The van der Waals surface area contributed by atoms with E-state index in [1.807, 2.05) is 36.4 Å². The molecule has 0 amide bonds. The fraction of sp³-hybridized carbons (Fsp3) is 0. The van der Waals surface area contributed by atoms with E-state index in [1.165, 1.54) is 0 Å². The molecule has 0 aliphatic rings. The van der Waals surface area contributed by atoms with Crippen molar-refractivity contribution in [3.05, 3.63) is 60.3 Å². The van der Waals surface area contributed by atoms with Crippen LogP contribution in [0.25, 0.3) is 22.3 Å². The first kappa shape index (κ1) is 10.4. The van der Waals surface area contributed by atoms with Gasteiger partial charge in [0.2, 0.25) is 0 Å². The molecule has 0 radical (unpaired) electrons. The van der Waals surface area contributed by atoms with Crippen LogP contribution in [0.4, 0.5) is 0 Å². The fourth-order valence-electron chi connectivity index (χ4n) is 1.84. The third-order valence-corrected chi connectivity index (χ3v) is 2.74. The Kier molecular flexibility index (Phi) is 2.47. The van der Waals surface area contributed by atoms with Crippen LogP contribution in [-0.4, -0.2) is 9.97 Å². The van der Waals surface area contributed by atoms with E-state index in [-0.39, 0.29) is 0 Å². The highest BCUT2D eigenvalue weighted by molar-refractivity contribution is 5.79. The van der Waals surface area contributed by atoms with Crippen molar-refractivity contribution in [2.45, 2.75) is 0 Å². The lowest BCUT2D eigenvalue weighted by atomic mass is 10.1. The number of nitrogens with zero attached hydrogens (tertiary/aromatic N) is 3. The van der Waals surface area contributed by atoms with E-state index in [1.54, 1.807) is 18.3 Å². The van der Waals surface area contributed by atoms with Crippen molar-refractivity contribution < 1.29 is 0 Å². The van der Waals surface area contributed by atoms with E-state index in [9.17, 15) is 0 Å². The SMILES string of the molecule is N#Cc1cccc(-c2ncc3ccccc3n2)c1. The zero-order valence-corrected chi connectivity index (χ0v) is 9.54. The molecule has 0 aliphatic carbocycles. The second kappa shape index (κ2) is 4.27. The van der Waals surface area contributed by atoms with Gasteiger partial charge in [0.25, 0.3) is 0 Å². The Morgan fingerprint density at radius 3 is 2.78 bits per heavy atom. The van der Waals surface area contributed by atoms with Crippen molar-refractivity contribution in [1.29, 1.82) is 5.26 Å². The molecule has 3 aromatic rings. The summed E-state index contributed by atoms with van der Waals surface area (Å²) in [7, 11) is 0. The van der Waals surface area contributed by atoms with Crippen LogP contribution < -0.4 is 0 Å². The van der Waals surface area contributed by atoms with Gasteiger partial charge in [0.15, 0.2) is 5.82 Å². The average molecular weight is 231 g/mol. The van der Waals surface area contributed by atoms with E-state index >= 15 is 0 Å². The number of hydrogen-bond donors (Lipinski definition) is 0. The van der Waals surface area contributed by atoms with Crippen LogP contribution in [-0.2, 0) is 0 Å². The molecule has 1 heterocycles. The van der Waals surface area contributed by atoms with Crippen LogP contribution in [0, 0.1) is 11.3 Å². The molecular weight excluding hydrogens is 222 g/mol. The Hall–Kier alpha value is -2.73. The first-order valence-corrected chi connectivity index (χ1v) is 5.59. The van der Waals surface area contributed by atoms with Crippen LogP contribution in [0.1, 0.15) is 5.56 Å². The highest BCUT2D eigenvalue weighted by atomic mass is 14.9. The smallest absolute Gasteiger partial charge is 0.159 e. The van der Waals surface area contributed by atoms with Gasteiger partial charge in [-0.1, -0.05) is 30.3 Å². The Labute approximate surface area is 104 Å². The van der Waals surface area contributed by atoms with Gasteiger partial charge in [-0.25, -0.2) is 9.97 Å². The lowest BCUT2D eigenvalue weighted by Gasteiger charge is -2.02. The van der Waals surface area contributed by atoms with E-state index in [0.717, 1.165) is 16.5 Å². The Morgan fingerprint density at radius 1 is 1.00 bits per heavy atom. The Morgan fingerprint density at radius 2 is 1.89 bits per heavy atom. The predicted molar refractivity (Wildman–Crippen MR) is 69.7 cm³/mol. The minimum atomic E-state index is 0.615. The molecule has 2 aromatic carbocycles.